The van der Waals surface area contributed by atoms with Gasteiger partial charge in [-0.2, -0.15) is 0 Å². The molecular formula is C20H22ClN3O2S. The molecule has 0 unspecified atom stereocenters. The standard InChI is InChI=1S/C20H21N3O2S.ClH/c1-15-14-19(26(24,25)16-6-3-2-4-7-16)17-8-5-9-18(20(17)22-15)23-12-10-21-11-13-23;/h2-9,14,21H,10-13H2,1H3;1H. The molecule has 0 saturated carbocycles. The van der Waals surface area contributed by atoms with Gasteiger partial charge in [0.15, 0.2) is 0 Å². The second-order valence-corrected chi connectivity index (χ2v) is 8.41. The molecule has 1 aromatic heterocycles. The van der Waals surface area contributed by atoms with E-state index >= 15 is 0 Å². The molecular weight excluding hydrogens is 382 g/mol. The van der Waals surface area contributed by atoms with Crippen LogP contribution in [-0.2, 0) is 9.84 Å². The fraction of sp³-hybridized carbons (Fsp3) is 0.250. The van der Waals surface area contributed by atoms with Gasteiger partial charge in [-0.1, -0.05) is 30.3 Å². The fourth-order valence-electron chi connectivity index (χ4n) is 3.43. The van der Waals surface area contributed by atoms with Crippen molar-refractivity contribution in [2.24, 2.45) is 0 Å². The monoisotopic (exact) mass is 403 g/mol. The van der Waals surface area contributed by atoms with Crippen molar-refractivity contribution in [2.75, 3.05) is 31.1 Å². The van der Waals surface area contributed by atoms with Crippen molar-refractivity contribution in [3.05, 3.63) is 60.3 Å². The Labute approximate surface area is 165 Å². The van der Waals surface area contributed by atoms with Gasteiger partial charge in [-0.25, -0.2) is 8.42 Å². The number of hydrogen-bond donors (Lipinski definition) is 1. The van der Waals surface area contributed by atoms with Crippen LogP contribution in [0.25, 0.3) is 10.9 Å². The highest BCUT2D eigenvalue weighted by atomic mass is 35.5. The minimum absolute atomic E-state index is 0. The van der Waals surface area contributed by atoms with Gasteiger partial charge in [0, 0.05) is 37.3 Å². The Morgan fingerprint density at radius 3 is 2.41 bits per heavy atom. The SMILES string of the molecule is Cc1cc(S(=O)(=O)c2ccccc2)c2cccc(N3CCNCC3)c2n1.Cl. The van der Waals surface area contributed by atoms with Gasteiger partial charge < -0.3 is 10.2 Å². The van der Waals surface area contributed by atoms with Crippen LogP contribution in [0.3, 0.4) is 0 Å². The average Bonchev–Trinajstić information content (AvgIpc) is 2.68. The number of sulfone groups is 1. The van der Waals surface area contributed by atoms with E-state index in [1.165, 1.54) is 0 Å². The Morgan fingerprint density at radius 2 is 1.70 bits per heavy atom. The molecule has 0 spiro atoms. The number of nitrogens with one attached hydrogen (secondary N) is 1. The number of para-hydroxylation sites is 1. The summed E-state index contributed by atoms with van der Waals surface area (Å²) in [6.07, 6.45) is 0. The minimum Gasteiger partial charge on any atom is -0.367 e. The Bertz CT molecular complexity index is 1050. The molecule has 1 fully saturated rings. The quantitative estimate of drug-likeness (QED) is 0.727. The molecule has 1 aliphatic rings. The second-order valence-electron chi connectivity index (χ2n) is 6.49. The van der Waals surface area contributed by atoms with Gasteiger partial charge in [0.05, 0.1) is 21.0 Å². The molecule has 4 rings (SSSR count). The van der Waals surface area contributed by atoms with Crippen LogP contribution in [-0.4, -0.2) is 39.6 Å². The van der Waals surface area contributed by atoms with Crippen LogP contribution in [0.1, 0.15) is 5.69 Å². The van der Waals surface area contributed by atoms with Crippen LogP contribution in [0.4, 0.5) is 5.69 Å². The zero-order valence-electron chi connectivity index (χ0n) is 15.1. The lowest BCUT2D eigenvalue weighted by atomic mass is 10.1. The molecule has 2 aromatic carbocycles. The second kappa shape index (κ2) is 7.84. The molecule has 0 radical (unpaired) electrons. The molecule has 1 saturated heterocycles. The van der Waals surface area contributed by atoms with Crippen molar-refractivity contribution in [2.45, 2.75) is 16.7 Å². The van der Waals surface area contributed by atoms with E-state index in [2.05, 4.69) is 10.2 Å². The normalized spacial score (nSPS) is 14.8. The van der Waals surface area contributed by atoms with E-state index in [0.717, 1.165) is 37.4 Å². The van der Waals surface area contributed by atoms with E-state index in [1.807, 2.05) is 31.2 Å². The van der Waals surface area contributed by atoms with E-state index in [0.29, 0.717) is 20.9 Å². The summed E-state index contributed by atoms with van der Waals surface area (Å²) in [7, 11) is -3.61. The number of aromatic nitrogens is 1. The largest absolute Gasteiger partial charge is 0.367 e. The van der Waals surface area contributed by atoms with E-state index < -0.39 is 9.84 Å². The molecule has 27 heavy (non-hydrogen) atoms. The molecule has 1 aliphatic heterocycles. The van der Waals surface area contributed by atoms with Crippen molar-refractivity contribution >= 4 is 38.8 Å². The molecule has 5 nitrogen and oxygen atoms in total. The number of piperazine rings is 1. The van der Waals surface area contributed by atoms with Crippen molar-refractivity contribution in [1.29, 1.82) is 0 Å². The lowest BCUT2D eigenvalue weighted by molar-refractivity contribution is 0.590. The third kappa shape index (κ3) is 3.65. The van der Waals surface area contributed by atoms with Crippen LogP contribution in [0.15, 0.2) is 64.4 Å². The summed E-state index contributed by atoms with van der Waals surface area (Å²) in [5.41, 5.74) is 2.45. The van der Waals surface area contributed by atoms with Crippen molar-refractivity contribution in [3.63, 3.8) is 0 Å². The van der Waals surface area contributed by atoms with Gasteiger partial charge in [-0.3, -0.25) is 4.98 Å². The van der Waals surface area contributed by atoms with E-state index in [-0.39, 0.29) is 12.4 Å². The maximum Gasteiger partial charge on any atom is 0.207 e. The van der Waals surface area contributed by atoms with Crippen molar-refractivity contribution in [1.82, 2.24) is 10.3 Å². The smallest absolute Gasteiger partial charge is 0.207 e. The van der Waals surface area contributed by atoms with Gasteiger partial charge in [-0.15, -0.1) is 12.4 Å². The number of anilines is 1. The molecule has 7 heteroatoms. The Morgan fingerprint density at radius 1 is 1.00 bits per heavy atom. The zero-order chi connectivity index (χ0) is 18.1. The molecule has 2 heterocycles. The number of hydrogen-bond acceptors (Lipinski definition) is 5. The number of aryl methyl sites for hydroxylation is 1. The number of pyridine rings is 1. The summed E-state index contributed by atoms with van der Waals surface area (Å²) in [5.74, 6) is 0. The summed E-state index contributed by atoms with van der Waals surface area (Å²) in [4.78, 5) is 7.59. The minimum atomic E-state index is -3.61. The number of rotatable bonds is 3. The maximum atomic E-state index is 13.2. The lowest BCUT2D eigenvalue weighted by Crippen LogP contribution is -2.43. The van der Waals surface area contributed by atoms with Crippen LogP contribution >= 0.6 is 12.4 Å². The van der Waals surface area contributed by atoms with Gasteiger partial charge in [0.1, 0.15) is 0 Å². The van der Waals surface area contributed by atoms with Crippen LogP contribution < -0.4 is 10.2 Å². The molecule has 0 atom stereocenters. The Hall–Kier alpha value is -2.15. The maximum absolute atomic E-state index is 13.2. The van der Waals surface area contributed by atoms with Crippen molar-refractivity contribution in [3.8, 4) is 0 Å². The average molecular weight is 404 g/mol. The van der Waals surface area contributed by atoms with E-state index in [4.69, 9.17) is 4.98 Å². The molecule has 0 amide bonds. The predicted octanol–water partition coefficient (Wildman–Crippen LogP) is 3.21. The third-order valence-electron chi connectivity index (χ3n) is 4.71. The van der Waals surface area contributed by atoms with Gasteiger partial charge in [0.25, 0.3) is 0 Å². The van der Waals surface area contributed by atoms with E-state index in [9.17, 15) is 8.42 Å². The Kier molecular flexibility index (Phi) is 5.69. The van der Waals surface area contributed by atoms with Crippen LogP contribution in [0.2, 0.25) is 0 Å². The van der Waals surface area contributed by atoms with Crippen molar-refractivity contribution < 1.29 is 8.42 Å². The summed E-state index contributed by atoms with van der Waals surface area (Å²) in [6, 6.07) is 16.0. The molecule has 3 aromatic rings. The fourth-order valence-corrected chi connectivity index (χ4v) is 4.98. The summed E-state index contributed by atoms with van der Waals surface area (Å²) in [6.45, 7) is 5.44. The topological polar surface area (TPSA) is 62.3 Å². The summed E-state index contributed by atoms with van der Waals surface area (Å²) in [5, 5.41) is 4.02. The first-order valence-electron chi connectivity index (χ1n) is 8.73. The lowest BCUT2D eigenvalue weighted by Gasteiger charge is -2.30. The summed E-state index contributed by atoms with van der Waals surface area (Å²) < 4.78 is 26.5. The first-order valence-corrected chi connectivity index (χ1v) is 10.2. The molecule has 0 bridgehead atoms. The third-order valence-corrected chi connectivity index (χ3v) is 6.52. The highest BCUT2D eigenvalue weighted by Gasteiger charge is 2.23. The van der Waals surface area contributed by atoms with Gasteiger partial charge in [0.2, 0.25) is 9.84 Å². The molecule has 0 aliphatic carbocycles. The van der Waals surface area contributed by atoms with E-state index in [1.54, 1.807) is 30.3 Å². The van der Waals surface area contributed by atoms with Crippen LogP contribution in [0, 0.1) is 6.92 Å². The number of nitrogens with zero attached hydrogens (tertiary/aromatic N) is 2. The highest BCUT2D eigenvalue weighted by Crippen LogP contribution is 2.33. The van der Waals surface area contributed by atoms with Crippen LogP contribution in [0.5, 0.6) is 0 Å². The highest BCUT2D eigenvalue weighted by molar-refractivity contribution is 7.91. The first-order chi connectivity index (χ1) is 12.6. The number of fused-ring (bicyclic) bond motifs is 1. The predicted molar refractivity (Wildman–Crippen MR) is 111 cm³/mol. The number of benzene rings is 2. The summed E-state index contributed by atoms with van der Waals surface area (Å²) >= 11 is 0. The van der Waals surface area contributed by atoms with Gasteiger partial charge >= 0.3 is 0 Å². The van der Waals surface area contributed by atoms with Gasteiger partial charge in [-0.05, 0) is 31.2 Å². The Balaban J connectivity index is 0.00000210. The number of halogens is 1. The first kappa shape index (κ1) is 19.6. The zero-order valence-corrected chi connectivity index (χ0v) is 16.7. The molecule has 1 N–H and O–H groups in total. The molecule has 142 valence electrons.